The number of carboxylic acid groups (broad SMARTS) is 1. The lowest BCUT2D eigenvalue weighted by Crippen LogP contribution is -2.36. The maximum absolute atomic E-state index is 11.4. The maximum atomic E-state index is 11.4. The van der Waals surface area contributed by atoms with E-state index in [0.29, 0.717) is 36.1 Å². The van der Waals surface area contributed by atoms with Gasteiger partial charge in [0.05, 0.1) is 7.11 Å². The van der Waals surface area contributed by atoms with Gasteiger partial charge in [0.1, 0.15) is 12.6 Å². The highest BCUT2D eigenvalue weighted by Gasteiger charge is 2.18. The quantitative estimate of drug-likeness (QED) is 0.553. The van der Waals surface area contributed by atoms with Gasteiger partial charge in [-0.05, 0) is 48.1 Å². The number of aryl methyl sites for hydroxylation is 1. The summed E-state index contributed by atoms with van der Waals surface area (Å²) in [5.41, 5.74) is 3.00. The SMILES string of the molecule is COc1cc(CNC(CCSC)C(=O)O)c(Cl)cc1OCc1ccccc1C. The van der Waals surface area contributed by atoms with Gasteiger partial charge in [0.25, 0.3) is 0 Å². The zero-order chi connectivity index (χ0) is 20.5. The molecule has 0 aliphatic rings. The lowest BCUT2D eigenvalue weighted by molar-refractivity contribution is -0.139. The van der Waals surface area contributed by atoms with Crippen molar-refractivity contribution in [1.82, 2.24) is 5.32 Å². The second-order valence-corrected chi connectivity index (χ2v) is 7.76. The van der Waals surface area contributed by atoms with Crippen molar-refractivity contribution < 1.29 is 19.4 Å². The van der Waals surface area contributed by atoms with Gasteiger partial charge >= 0.3 is 5.97 Å². The fourth-order valence-corrected chi connectivity index (χ4v) is 3.39. The Morgan fingerprint density at radius 3 is 2.64 bits per heavy atom. The molecule has 1 unspecified atom stereocenters. The van der Waals surface area contributed by atoms with E-state index in [2.05, 4.69) is 5.32 Å². The molecule has 2 N–H and O–H groups in total. The first kappa shape index (κ1) is 22.4. The topological polar surface area (TPSA) is 67.8 Å². The number of hydrogen-bond donors (Lipinski definition) is 2. The summed E-state index contributed by atoms with van der Waals surface area (Å²) in [7, 11) is 1.57. The van der Waals surface area contributed by atoms with E-state index in [1.54, 1.807) is 31.0 Å². The Kier molecular flexibility index (Phi) is 8.96. The molecule has 0 spiro atoms. The van der Waals surface area contributed by atoms with E-state index in [-0.39, 0.29) is 0 Å². The van der Waals surface area contributed by atoms with Crippen molar-refractivity contribution in [3.05, 3.63) is 58.1 Å². The van der Waals surface area contributed by atoms with Crippen LogP contribution in [0, 0.1) is 6.92 Å². The standard InChI is InChI=1S/C21H26ClNO4S/c1-14-6-4-5-7-15(14)13-27-20-11-17(22)16(10-19(20)26-2)12-23-18(21(24)25)8-9-28-3/h4-7,10-11,18,23H,8-9,12-13H2,1-3H3,(H,24,25). The van der Waals surface area contributed by atoms with Gasteiger partial charge in [0.15, 0.2) is 11.5 Å². The number of nitrogens with one attached hydrogen (secondary N) is 1. The number of benzene rings is 2. The van der Waals surface area contributed by atoms with Crippen molar-refractivity contribution in [3.63, 3.8) is 0 Å². The van der Waals surface area contributed by atoms with Crippen LogP contribution in [-0.4, -0.2) is 36.2 Å². The molecular formula is C21H26ClNO4S. The highest BCUT2D eigenvalue weighted by molar-refractivity contribution is 7.98. The molecule has 2 aromatic carbocycles. The average molecular weight is 424 g/mol. The van der Waals surface area contributed by atoms with Crippen molar-refractivity contribution in [3.8, 4) is 11.5 Å². The molecule has 0 amide bonds. The molecule has 0 saturated heterocycles. The highest BCUT2D eigenvalue weighted by Crippen LogP contribution is 2.34. The Balaban J connectivity index is 2.09. The minimum Gasteiger partial charge on any atom is -0.493 e. The lowest BCUT2D eigenvalue weighted by atomic mass is 10.1. The second kappa shape index (κ2) is 11.2. The molecule has 28 heavy (non-hydrogen) atoms. The smallest absolute Gasteiger partial charge is 0.320 e. The van der Waals surface area contributed by atoms with E-state index in [1.807, 2.05) is 37.4 Å². The van der Waals surface area contributed by atoms with Gasteiger partial charge in [0, 0.05) is 17.6 Å². The van der Waals surface area contributed by atoms with Crippen molar-refractivity contribution in [2.24, 2.45) is 0 Å². The molecular weight excluding hydrogens is 398 g/mol. The first-order valence-corrected chi connectivity index (χ1v) is 10.7. The third kappa shape index (κ3) is 6.33. The van der Waals surface area contributed by atoms with Gasteiger partial charge in [-0.25, -0.2) is 0 Å². The number of carboxylic acids is 1. The number of methoxy groups -OCH3 is 1. The summed E-state index contributed by atoms with van der Waals surface area (Å²) in [4.78, 5) is 11.4. The number of ether oxygens (including phenoxy) is 2. The van der Waals surface area contributed by atoms with Crippen LogP contribution in [0.4, 0.5) is 0 Å². The fraction of sp³-hybridized carbons (Fsp3) is 0.381. The maximum Gasteiger partial charge on any atom is 0.320 e. The molecule has 0 fully saturated rings. The van der Waals surface area contributed by atoms with Crippen LogP contribution < -0.4 is 14.8 Å². The Labute approximate surface area is 175 Å². The van der Waals surface area contributed by atoms with E-state index < -0.39 is 12.0 Å². The van der Waals surface area contributed by atoms with Crippen molar-refractivity contribution in [2.45, 2.75) is 32.5 Å². The molecule has 0 radical (unpaired) electrons. The van der Waals surface area contributed by atoms with Gasteiger partial charge in [0.2, 0.25) is 0 Å². The number of aliphatic carboxylic acids is 1. The highest BCUT2D eigenvalue weighted by atomic mass is 35.5. The van der Waals surface area contributed by atoms with Crippen LogP contribution in [0.15, 0.2) is 36.4 Å². The van der Waals surface area contributed by atoms with Crippen LogP contribution in [-0.2, 0) is 17.9 Å². The molecule has 2 aromatic rings. The molecule has 1 atom stereocenters. The van der Waals surface area contributed by atoms with E-state index in [0.717, 1.165) is 22.4 Å². The summed E-state index contributed by atoms with van der Waals surface area (Å²) in [6.45, 7) is 2.78. The average Bonchev–Trinajstić information content (AvgIpc) is 2.68. The van der Waals surface area contributed by atoms with E-state index in [4.69, 9.17) is 21.1 Å². The molecule has 0 saturated carbocycles. The zero-order valence-corrected chi connectivity index (χ0v) is 17.9. The summed E-state index contributed by atoms with van der Waals surface area (Å²) in [5.74, 6) is 1.02. The molecule has 0 heterocycles. The van der Waals surface area contributed by atoms with Crippen LogP contribution in [0.25, 0.3) is 0 Å². The lowest BCUT2D eigenvalue weighted by Gasteiger charge is -2.17. The minimum absolute atomic E-state index is 0.332. The first-order valence-electron chi connectivity index (χ1n) is 8.95. The van der Waals surface area contributed by atoms with E-state index in [9.17, 15) is 9.90 Å². The summed E-state index contributed by atoms with van der Waals surface area (Å²) in [5, 5.41) is 12.9. The Bertz CT molecular complexity index is 800. The minimum atomic E-state index is -0.865. The van der Waals surface area contributed by atoms with Gasteiger partial charge < -0.3 is 19.9 Å². The number of hydrogen-bond acceptors (Lipinski definition) is 5. The van der Waals surface area contributed by atoms with Crippen LogP contribution in [0.3, 0.4) is 0 Å². The normalized spacial score (nSPS) is 11.9. The molecule has 0 aromatic heterocycles. The number of halogens is 1. The molecule has 0 bridgehead atoms. The number of rotatable bonds is 11. The Morgan fingerprint density at radius 1 is 1.25 bits per heavy atom. The molecule has 0 aliphatic heterocycles. The Morgan fingerprint density at radius 2 is 2.00 bits per heavy atom. The van der Waals surface area contributed by atoms with Gasteiger partial charge in [-0.2, -0.15) is 11.8 Å². The first-order chi connectivity index (χ1) is 13.5. The zero-order valence-electron chi connectivity index (χ0n) is 16.3. The monoisotopic (exact) mass is 423 g/mol. The van der Waals surface area contributed by atoms with Crippen LogP contribution >= 0.6 is 23.4 Å². The summed E-state index contributed by atoms with van der Waals surface area (Å²) in [6, 6.07) is 10.9. The van der Waals surface area contributed by atoms with Crippen LogP contribution in [0.2, 0.25) is 5.02 Å². The predicted molar refractivity (Wildman–Crippen MR) is 115 cm³/mol. The van der Waals surface area contributed by atoms with Gasteiger partial charge in [-0.3, -0.25) is 4.79 Å². The largest absolute Gasteiger partial charge is 0.493 e. The molecule has 2 rings (SSSR count). The molecule has 5 nitrogen and oxygen atoms in total. The van der Waals surface area contributed by atoms with E-state index >= 15 is 0 Å². The van der Waals surface area contributed by atoms with E-state index in [1.165, 1.54) is 0 Å². The van der Waals surface area contributed by atoms with Crippen LogP contribution in [0.5, 0.6) is 11.5 Å². The predicted octanol–water partition coefficient (Wildman–Crippen LogP) is 4.53. The summed E-state index contributed by atoms with van der Waals surface area (Å²) in [6.07, 6.45) is 2.50. The molecule has 152 valence electrons. The summed E-state index contributed by atoms with van der Waals surface area (Å²) >= 11 is 8.03. The second-order valence-electron chi connectivity index (χ2n) is 6.36. The Hall–Kier alpha value is -1.89. The van der Waals surface area contributed by atoms with Crippen molar-refractivity contribution in [2.75, 3.05) is 19.1 Å². The van der Waals surface area contributed by atoms with Crippen molar-refractivity contribution in [1.29, 1.82) is 0 Å². The van der Waals surface area contributed by atoms with Gasteiger partial charge in [-0.1, -0.05) is 35.9 Å². The summed E-state index contributed by atoms with van der Waals surface area (Å²) < 4.78 is 11.4. The third-order valence-corrected chi connectivity index (χ3v) is 5.42. The number of carbonyl (C=O) groups is 1. The molecule has 7 heteroatoms. The van der Waals surface area contributed by atoms with Gasteiger partial charge in [-0.15, -0.1) is 0 Å². The molecule has 0 aliphatic carbocycles. The fourth-order valence-electron chi connectivity index (χ4n) is 2.69. The number of thioether (sulfide) groups is 1. The third-order valence-electron chi connectivity index (χ3n) is 4.42. The van der Waals surface area contributed by atoms with Crippen molar-refractivity contribution >= 4 is 29.3 Å². The van der Waals surface area contributed by atoms with Crippen LogP contribution in [0.1, 0.15) is 23.1 Å².